The van der Waals surface area contributed by atoms with Gasteiger partial charge in [-0.25, -0.2) is 5.84 Å². The summed E-state index contributed by atoms with van der Waals surface area (Å²) >= 11 is 0. The van der Waals surface area contributed by atoms with Gasteiger partial charge in [-0.05, 0) is 18.6 Å². The zero-order chi connectivity index (χ0) is 17.9. The van der Waals surface area contributed by atoms with Crippen molar-refractivity contribution in [1.29, 1.82) is 0 Å². The van der Waals surface area contributed by atoms with Crippen molar-refractivity contribution in [1.82, 2.24) is 5.43 Å². The molecule has 0 aliphatic heterocycles. The SMILES string of the molecule is Cc1cccc(C(=O)NN)c1O.O.O=c1c(=O)c2ccccc2c1=O. The molecule has 3 aromatic carbocycles. The van der Waals surface area contributed by atoms with Gasteiger partial charge in [0.1, 0.15) is 5.75 Å². The van der Waals surface area contributed by atoms with E-state index in [0.717, 1.165) is 0 Å². The molecule has 0 heterocycles. The number of para-hydroxylation sites is 1. The average molecular weight is 344 g/mol. The van der Waals surface area contributed by atoms with E-state index < -0.39 is 22.2 Å². The number of aromatic hydroxyl groups is 1. The number of carbonyl (C=O) groups is 1. The van der Waals surface area contributed by atoms with Crippen molar-refractivity contribution in [3.8, 4) is 5.75 Å². The molecule has 25 heavy (non-hydrogen) atoms. The number of phenols is 1. The van der Waals surface area contributed by atoms with E-state index in [0.29, 0.717) is 5.56 Å². The maximum atomic E-state index is 11.0. The first-order chi connectivity index (χ1) is 11.4. The summed E-state index contributed by atoms with van der Waals surface area (Å²) in [5.74, 6) is 4.40. The van der Waals surface area contributed by atoms with Gasteiger partial charge in [0, 0.05) is 10.8 Å². The van der Waals surface area contributed by atoms with Crippen LogP contribution in [0, 0.1) is 6.92 Å². The van der Waals surface area contributed by atoms with Crippen LogP contribution in [0.3, 0.4) is 0 Å². The number of hydrogen-bond donors (Lipinski definition) is 3. The van der Waals surface area contributed by atoms with Crippen molar-refractivity contribution in [2.24, 2.45) is 5.84 Å². The first kappa shape index (κ1) is 19.7. The molecule has 6 N–H and O–H groups in total. The number of hydrazine groups is 1. The summed E-state index contributed by atoms with van der Waals surface area (Å²) in [5.41, 5.74) is 0.502. The monoisotopic (exact) mass is 344 g/mol. The Balaban J connectivity index is 0.000000240. The summed E-state index contributed by atoms with van der Waals surface area (Å²) < 4.78 is 0. The Hall–Kier alpha value is -3.36. The number of amides is 1. The van der Waals surface area contributed by atoms with Crippen molar-refractivity contribution in [3.63, 3.8) is 0 Å². The molecule has 0 fully saturated rings. The average Bonchev–Trinajstić information content (AvgIpc) is 2.82. The molecule has 0 bridgehead atoms. The minimum Gasteiger partial charge on any atom is -0.507 e. The third kappa shape index (κ3) is 3.77. The summed E-state index contributed by atoms with van der Waals surface area (Å²) in [7, 11) is 0. The number of benzene rings is 2. The minimum absolute atomic E-state index is 0. The predicted octanol–water partition coefficient (Wildman–Crippen LogP) is -0.725. The van der Waals surface area contributed by atoms with Gasteiger partial charge in [0.05, 0.1) is 5.56 Å². The second-order valence-corrected chi connectivity index (χ2v) is 4.98. The molecule has 0 radical (unpaired) electrons. The molecule has 130 valence electrons. The highest BCUT2D eigenvalue weighted by Crippen LogP contribution is 2.20. The highest BCUT2D eigenvalue weighted by molar-refractivity contribution is 5.96. The van der Waals surface area contributed by atoms with Crippen LogP contribution in [0.2, 0.25) is 0 Å². The smallest absolute Gasteiger partial charge is 0.273 e. The first-order valence-electron chi connectivity index (χ1n) is 6.90. The first-order valence-corrected chi connectivity index (χ1v) is 6.90. The van der Waals surface area contributed by atoms with Gasteiger partial charge in [0.25, 0.3) is 11.3 Å². The van der Waals surface area contributed by atoms with Gasteiger partial charge in [0.2, 0.25) is 10.9 Å². The van der Waals surface area contributed by atoms with Gasteiger partial charge in [-0.2, -0.15) is 0 Å². The van der Waals surface area contributed by atoms with Gasteiger partial charge in [-0.1, -0.05) is 36.4 Å². The fourth-order valence-electron chi connectivity index (χ4n) is 2.15. The molecule has 8 nitrogen and oxygen atoms in total. The van der Waals surface area contributed by atoms with Crippen molar-refractivity contribution in [2.75, 3.05) is 0 Å². The van der Waals surface area contributed by atoms with Crippen LogP contribution in [0.25, 0.3) is 10.8 Å². The molecule has 0 atom stereocenters. The van der Waals surface area contributed by atoms with Crippen LogP contribution in [-0.2, 0) is 0 Å². The van der Waals surface area contributed by atoms with Crippen LogP contribution in [0.15, 0.2) is 56.8 Å². The lowest BCUT2D eigenvalue weighted by Crippen LogP contribution is -2.30. The van der Waals surface area contributed by atoms with Crippen molar-refractivity contribution in [3.05, 3.63) is 84.3 Å². The van der Waals surface area contributed by atoms with E-state index in [-0.39, 0.29) is 27.6 Å². The van der Waals surface area contributed by atoms with Crippen LogP contribution < -0.4 is 27.6 Å². The fourth-order valence-corrected chi connectivity index (χ4v) is 2.15. The third-order valence-electron chi connectivity index (χ3n) is 3.44. The van der Waals surface area contributed by atoms with Gasteiger partial charge >= 0.3 is 0 Å². The van der Waals surface area contributed by atoms with Crippen molar-refractivity contribution >= 4 is 16.7 Å². The molecule has 8 heteroatoms. The van der Waals surface area contributed by atoms with E-state index in [2.05, 4.69) is 0 Å². The highest BCUT2D eigenvalue weighted by Gasteiger charge is 2.10. The molecule has 0 aromatic heterocycles. The van der Waals surface area contributed by atoms with E-state index in [4.69, 9.17) is 5.84 Å². The summed E-state index contributed by atoms with van der Waals surface area (Å²) in [4.78, 5) is 43.9. The summed E-state index contributed by atoms with van der Waals surface area (Å²) in [5, 5.41) is 9.84. The van der Waals surface area contributed by atoms with Crippen LogP contribution in [0.5, 0.6) is 5.75 Å². The second-order valence-electron chi connectivity index (χ2n) is 4.98. The maximum Gasteiger partial charge on any atom is 0.273 e. The molecular formula is C17H16N2O6. The molecule has 0 aliphatic rings. The number of rotatable bonds is 1. The van der Waals surface area contributed by atoms with E-state index in [1.165, 1.54) is 18.2 Å². The molecular weight excluding hydrogens is 328 g/mol. The van der Waals surface area contributed by atoms with Crippen LogP contribution in [0.4, 0.5) is 0 Å². The lowest BCUT2D eigenvalue weighted by Gasteiger charge is -2.04. The second kappa shape index (κ2) is 7.95. The number of aryl methyl sites for hydroxylation is 1. The Morgan fingerprint density at radius 3 is 1.92 bits per heavy atom. The molecule has 0 unspecified atom stereocenters. The van der Waals surface area contributed by atoms with Crippen molar-refractivity contribution < 1.29 is 15.4 Å². The van der Waals surface area contributed by atoms with Crippen LogP contribution in [-0.4, -0.2) is 16.5 Å². The third-order valence-corrected chi connectivity index (χ3v) is 3.44. The number of nitrogen functional groups attached to an aromatic ring is 1. The van der Waals surface area contributed by atoms with Gasteiger partial charge in [-0.15, -0.1) is 0 Å². The summed E-state index contributed by atoms with van der Waals surface area (Å²) in [6.45, 7) is 1.71. The van der Waals surface area contributed by atoms with Crippen molar-refractivity contribution in [2.45, 2.75) is 6.92 Å². The van der Waals surface area contributed by atoms with Gasteiger partial charge < -0.3 is 10.6 Å². The molecule has 1 amide bonds. The lowest BCUT2D eigenvalue weighted by molar-refractivity contribution is 0.0951. The number of hydrogen-bond acceptors (Lipinski definition) is 6. The van der Waals surface area contributed by atoms with Gasteiger partial charge in [0.15, 0.2) is 0 Å². The summed E-state index contributed by atoms with van der Waals surface area (Å²) in [6, 6.07) is 11.1. The Morgan fingerprint density at radius 2 is 1.44 bits per heavy atom. The number of nitrogens with one attached hydrogen (secondary N) is 1. The zero-order valence-electron chi connectivity index (χ0n) is 13.2. The van der Waals surface area contributed by atoms with E-state index in [1.54, 1.807) is 31.2 Å². The molecule has 3 rings (SSSR count). The number of phenolic OH excluding ortho intramolecular Hbond substituents is 1. The highest BCUT2D eigenvalue weighted by atomic mass is 16.3. The van der Waals surface area contributed by atoms with Crippen LogP contribution in [0.1, 0.15) is 15.9 Å². The topological polar surface area (TPSA) is 158 Å². The Labute approximate surface area is 141 Å². The van der Waals surface area contributed by atoms with E-state index in [1.807, 2.05) is 5.43 Å². The lowest BCUT2D eigenvalue weighted by atomic mass is 10.1. The quantitative estimate of drug-likeness (QED) is 0.229. The fraction of sp³-hybridized carbons (Fsp3) is 0.0588. The van der Waals surface area contributed by atoms with Gasteiger partial charge in [-0.3, -0.25) is 24.6 Å². The molecule has 0 aliphatic carbocycles. The molecule has 0 saturated heterocycles. The molecule has 0 spiro atoms. The maximum absolute atomic E-state index is 11.0. The van der Waals surface area contributed by atoms with E-state index in [9.17, 15) is 24.3 Å². The zero-order valence-corrected chi connectivity index (χ0v) is 13.2. The standard InChI is InChI=1S/C9H4O3.C8H10N2O2.H2O/c10-7-5-3-1-2-4-6(5)8(11)9(7)12;1-5-3-2-4-6(7(5)11)8(12)10-9;/h1-4H;2-4,11H,9H2,1H3,(H,10,12);1H2. The normalized spacial score (nSPS) is 9.68. The van der Waals surface area contributed by atoms with Crippen LogP contribution >= 0.6 is 0 Å². The molecule has 3 aromatic rings. The Kier molecular flexibility index (Phi) is 6.26. The largest absolute Gasteiger partial charge is 0.507 e. The minimum atomic E-state index is -0.920. The summed E-state index contributed by atoms with van der Waals surface area (Å²) in [6.07, 6.45) is 0. The number of nitrogens with two attached hydrogens (primary N) is 1. The predicted molar refractivity (Wildman–Crippen MR) is 93.2 cm³/mol. The Morgan fingerprint density at radius 1 is 0.920 bits per heavy atom. The van der Waals surface area contributed by atoms with E-state index >= 15 is 0 Å². The molecule has 0 saturated carbocycles. The Bertz CT molecular complexity index is 1000. The number of carbonyl (C=O) groups excluding carboxylic acids is 1. The number of fused-ring (bicyclic) bond motifs is 1.